The fourth-order valence-corrected chi connectivity index (χ4v) is 2.86. The highest BCUT2D eigenvalue weighted by Gasteiger charge is 2.33. The van der Waals surface area contributed by atoms with E-state index in [1.54, 1.807) is 0 Å². The van der Waals surface area contributed by atoms with E-state index in [2.05, 4.69) is 5.32 Å². The Morgan fingerprint density at radius 3 is 2.74 bits per heavy atom. The van der Waals surface area contributed by atoms with Crippen molar-refractivity contribution in [1.82, 2.24) is 4.90 Å². The normalized spacial score (nSPS) is 19.6. The maximum Gasteiger partial charge on any atom is 0.418 e. The number of anilines is 1. The molecule has 4 nitrogen and oxygen atoms in total. The molecule has 0 radical (unpaired) electrons. The molecule has 1 aliphatic rings. The van der Waals surface area contributed by atoms with E-state index in [4.69, 9.17) is 0 Å². The summed E-state index contributed by atoms with van der Waals surface area (Å²) in [7, 11) is 0. The van der Waals surface area contributed by atoms with Gasteiger partial charge >= 0.3 is 6.18 Å². The third-order valence-corrected chi connectivity index (χ3v) is 4.09. The lowest BCUT2D eigenvalue weighted by Gasteiger charge is -2.34. The zero-order valence-corrected chi connectivity index (χ0v) is 12.8. The number of benzene rings is 1. The Morgan fingerprint density at radius 1 is 1.30 bits per heavy atom. The molecule has 1 aliphatic heterocycles. The van der Waals surface area contributed by atoms with Gasteiger partial charge in [-0.2, -0.15) is 13.2 Å². The summed E-state index contributed by atoms with van der Waals surface area (Å²) in [5, 5.41) is 11.7. The number of hydrogen-bond donors (Lipinski definition) is 2. The van der Waals surface area contributed by atoms with Crippen molar-refractivity contribution < 1.29 is 23.1 Å². The fourth-order valence-electron chi connectivity index (χ4n) is 2.86. The number of piperidine rings is 1. The van der Waals surface area contributed by atoms with E-state index in [0.717, 1.165) is 31.9 Å². The molecule has 1 heterocycles. The average Bonchev–Trinajstić information content (AvgIpc) is 2.52. The number of nitrogens with zero attached hydrogens (tertiary/aromatic N) is 1. The monoisotopic (exact) mass is 330 g/mol. The topological polar surface area (TPSA) is 52.6 Å². The highest BCUT2D eigenvalue weighted by molar-refractivity contribution is 5.91. The molecule has 1 atom stereocenters. The van der Waals surface area contributed by atoms with E-state index in [9.17, 15) is 23.1 Å². The summed E-state index contributed by atoms with van der Waals surface area (Å²) >= 11 is 0. The van der Waals surface area contributed by atoms with Crippen LogP contribution < -0.4 is 5.32 Å². The number of amides is 1. The van der Waals surface area contributed by atoms with Gasteiger partial charge < -0.3 is 10.4 Å². The van der Waals surface area contributed by atoms with E-state index in [1.165, 1.54) is 18.2 Å². The van der Waals surface area contributed by atoms with Gasteiger partial charge in [-0.3, -0.25) is 9.69 Å². The molecule has 0 spiro atoms. The van der Waals surface area contributed by atoms with Crippen LogP contribution in [0.3, 0.4) is 0 Å². The van der Waals surface area contributed by atoms with Crippen molar-refractivity contribution in [2.24, 2.45) is 0 Å². The quantitative estimate of drug-likeness (QED) is 0.873. The maximum absolute atomic E-state index is 12.9. The van der Waals surface area contributed by atoms with Gasteiger partial charge in [0.15, 0.2) is 0 Å². The first kappa shape index (κ1) is 17.7. The molecule has 128 valence electrons. The van der Waals surface area contributed by atoms with E-state index < -0.39 is 17.6 Å². The highest BCUT2D eigenvalue weighted by atomic mass is 19.4. The van der Waals surface area contributed by atoms with Crippen LogP contribution >= 0.6 is 0 Å². The first-order chi connectivity index (χ1) is 10.9. The summed E-state index contributed by atoms with van der Waals surface area (Å²) in [5.74, 6) is -0.455. The minimum atomic E-state index is -4.50. The van der Waals surface area contributed by atoms with Gasteiger partial charge in [-0.25, -0.2) is 0 Å². The van der Waals surface area contributed by atoms with Crippen molar-refractivity contribution in [3.05, 3.63) is 29.8 Å². The SMILES string of the molecule is O=C(CCN1CCCCC1CO)Nc1ccccc1C(F)(F)F. The number of nitrogens with one attached hydrogen (secondary N) is 1. The van der Waals surface area contributed by atoms with Crippen LogP contribution in [0.15, 0.2) is 24.3 Å². The molecule has 1 fully saturated rings. The number of alkyl halides is 3. The molecule has 0 aliphatic carbocycles. The fraction of sp³-hybridized carbons (Fsp3) is 0.562. The van der Waals surface area contributed by atoms with Crippen molar-refractivity contribution in [2.45, 2.75) is 37.9 Å². The van der Waals surface area contributed by atoms with Crippen molar-refractivity contribution in [2.75, 3.05) is 25.0 Å². The molecule has 1 aromatic carbocycles. The number of para-hydroxylation sites is 1. The molecule has 1 amide bonds. The number of carbonyl (C=O) groups is 1. The first-order valence-corrected chi connectivity index (χ1v) is 7.73. The van der Waals surface area contributed by atoms with Crippen LogP contribution in [0.4, 0.5) is 18.9 Å². The maximum atomic E-state index is 12.9. The lowest BCUT2D eigenvalue weighted by Crippen LogP contribution is -2.43. The van der Waals surface area contributed by atoms with Gasteiger partial charge in [-0.1, -0.05) is 18.6 Å². The Morgan fingerprint density at radius 2 is 2.04 bits per heavy atom. The van der Waals surface area contributed by atoms with Crippen LogP contribution in [0, 0.1) is 0 Å². The smallest absolute Gasteiger partial charge is 0.395 e. The predicted octanol–water partition coefficient (Wildman–Crippen LogP) is 2.88. The minimum absolute atomic E-state index is 0.0402. The van der Waals surface area contributed by atoms with Gasteiger partial charge in [0.05, 0.1) is 17.9 Å². The standard InChI is InChI=1S/C16H21F3N2O2/c17-16(18,19)13-6-1-2-7-14(13)20-15(23)8-10-21-9-4-3-5-12(21)11-22/h1-2,6-7,12,22H,3-5,8-11H2,(H,20,23). The first-order valence-electron chi connectivity index (χ1n) is 7.73. The van der Waals surface area contributed by atoms with Gasteiger partial charge in [-0.15, -0.1) is 0 Å². The van der Waals surface area contributed by atoms with E-state index in [0.29, 0.717) is 6.54 Å². The average molecular weight is 330 g/mol. The van der Waals surface area contributed by atoms with Gasteiger partial charge in [0.25, 0.3) is 0 Å². The van der Waals surface area contributed by atoms with Crippen molar-refractivity contribution in [1.29, 1.82) is 0 Å². The lowest BCUT2D eigenvalue weighted by molar-refractivity contribution is -0.137. The number of hydrogen-bond acceptors (Lipinski definition) is 3. The van der Waals surface area contributed by atoms with Gasteiger partial charge in [0.2, 0.25) is 5.91 Å². The second kappa shape index (κ2) is 7.79. The Bertz CT molecular complexity index is 534. The molecular weight excluding hydrogens is 309 g/mol. The second-order valence-corrected chi connectivity index (χ2v) is 5.71. The summed E-state index contributed by atoms with van der Waals surface area (Å²) in [6.07, 6.45) is -1.46. The third-order valence-electron chi connectivity index (χ3n) is 4.09. The predicted molar refractivity (Wildman–Crippen MR) is 81.0 cm³/mol. The van der Waals surface area contributed by atoms with Crippen LogP contribution in [0.5, 0.6) is 0 Å². The Labute approximate surface area is 133 Å². The number of carbonyl (C=O) groups excluding carboxylic acids is 1. The molecular formula is C16H21F3N2O2. The summed E-state index contributed by atoms with van der Waals surface area (Å²) in [4.78, 5) is 14.0. The van der Waals surface area contributed by atoms with Crippen LogP contribution in [0.2, 0.25) is 0 Å². The van der Waals surface area contributed by atoms with Crippen molar-refractivity contribution >= 4 is 11.6 Å². The Hall–Kier alpha value is -1.60. The number of halogens is 3. The molecule has 0 aromatic heterocycles. The number of aliphatic hydroxyl groups is 1. The molecule has 1 saturated heterocycles. The zero-order chi connectivity index (χ0) is 16.9. The van der Waals surface area contributed by atoms with Crippen LogP contribution in [-0.4, -0.2) is 41.7 Å². The Balaban J connectivity index is 1.93. The summed E-state index contributed by atoms with van der Waals surface area (Å²) in [6, 6.07) is 4.98. The summed E-state index contributed by atoms with van der Waals surface area (Å²) < 4.78 is 38.7. The molecule has 1 unspecified atom stereocenters. The number of likely N-dealkylation sites (tertiary alicyclic amines) is 1. The van der Waals surface area contributed by atoms with E-state index in [1.807, 2.05) is 4.90 Å². The Kier molecular flexibility index (Phi) is 6.01. The second-order valence-electron chi connectivity index (χ2n) is 5.71. The minimum Gasteiger partial charge on any atom is -0.395 e. The molecule has 2 rings (SSSR count). The number of aliphatic hydroxyl groups excluding tert-OH is 1. The molecule has 0 bridgehead atoms. The summed E-state index contributed by atoms with van der Waals surface area (Å²) in [5.41, 5.74) is -1.07. The van der Waals surface area contributed by atoms with Crippen LogP contribution in [-0.2, 0) is 11.0 Å². The molecule has 7 heteroatoms. The molecule has 2 N–H and O–H groups in total. The van der Waals surface area contributed by atoms with Gasteiger partial charge in [0, 0.05) is 19.0 Å². The van der Waals surface area contributed by atoms with E-state index >= 15 is 0 Å². The molecule has 23 heavy (non-hydrogen) atoms. The van der Waals surface area contributed by atoms with Crippen LogP contribution in [0.1, 0.15) is 31.2 Å². The van der Waals surface area contributed by atoms with E-state index in [-0.39, 0.29) is 24.8 Å². The zero-order valence-electron chi connectivity index (χ0n) is 12.8. The van der Waals surface area contributed by atoms with Crippen molar-refractivity contribution in [3.8, 4) is 0 Å². The van der Waals surface area contributed by atoms with Gasteiger partial charge in [0.1, 0.15) is 0 Å². The number of rotatable bonds is 5. The van der Waals surface area contributed by atoms with Crippen LogP contribution in [0.25, 0.3) is 0 Å². The van der Waals surface area contributed by atoms with Crippen molar-refractivity contribution in [3.63, 3.8) is 0 Å². The lowest BCUT2D eigenvalue weighted by atomic mass is 10.0. The summed E-state index contributed by atoms with van der Waals surface area (Å²) in [6.45, 7) is 1.28. The highest BCUT2D eigenvalue weighted by Crippen LogP contribution is 2.34. The largest absolute Gasteiger partial charge is 0.418 e. The third kappa shape index (κ3) is 4.94. The molecule has 1 aromatic rings. The van der Waals surface area contributed by atoms with Gasteiger partial charge in [-0.05, 0) is 31.5 Å². The molecule has 0 saturated carbocycles.